The highest BCUT2D eigenvalue weighted by molar-refractivity contribution is 6.09. The van der Waals surface area contributed by atoms with Gasteiger partial charge in [-0.2, -0.15) is 0 Å². The topological polar surface area (TPSA) is 39.2 Å². The molecule has 0 atom stereocenters. The van der Waals surface area contributed by atoms with E-state index >= 15 is 0 Å². The summed E-state index contributed by atoms with van der Waals surface area (Å²) in [5, 5.41) is 3.16. The van der Waals surface area contributed by atoms with Crippen LogP contribution in [0.3, 0.4) is 0 Å². The molecule has 0 N–H and O–H groups in total. The van der Waals surface area contributed by atoms with Crippen LogP contribution < -0.4 is 0 Å². The summed E-state index contributed by atoms with van der Waals surface area (Å²) in [6.45, 7) is 5.95. The summed E-state index contributed by atoms with van der Waals surface area (Å²) in [6, 6.07) is 24.7. The van der Waals surface area contributed by atoms with Gasteiger partial charge in [0.15, 0.2) is 0 Å². The van der Waals surface area contributed by atoms with Crippen molar-refractivity contribution in [3.05, 3.63) is 78.5 Å². The molecule has 4 aromatic rings. The zero-order chi connectivity index (χ0) is 19.7. The first-order valence-corrected chi connectivity index (χ1v) is 9.58. The van der Waals surface area contributed by atoms with E-state index in [4.69, 9.17) is 9.72 Å². The average molecular weight is 369 g/mol. The molecule has 0 spiro atoms. The van der Waals surface area contributed by atoms with Gasteiger partial charge in [-0.15, -0.1) is 0 Å². The smallest absolute Gasteiger partial charge is 0.317 e. The Morgan fingerprint density at radius 3 is 2.32 bits per heavy atom. The summed E-state index contributed by atoms with van der Waals surface area (Å²) < 4.78 is 5.36. The Morgan fingerprint density at radius 1 is 0.857 bits per heavy atom. The third-order valence-electron chi connectivity index (χ3n) is 5.19. The molecule has 0 saturated carbocycles. The lowest BCUT2D eigenvalue weighted by molar-refractivity contribution is -0.148. The molecule has 1 aromatic heterocycles. The van der Waals surface area contributed by atoms with Gasteiger partial charge in [-0.3, -0.25) is 9.78 Å². The van der Waals surface area contributed by atoms with Gasteiger partial charge >= 0.3 is 5.97 Å². The lowest BCUT2D eigenvalue weighted by Crippen LogP contribution is -2.32. The summed E-state index contributed by atoms with van der Waals surface area (Å²) in [5.74, 6) is -0.260. The number of ether oxygens (including phenoxy) is 1. The minimum absolute atomic E-state index is 0.260. The number of para-hydroxylation sites is 1. The number of esters is 1. The van der Waals surface area contributed by atoms with Crippen LogP contribution in [0.15, 0.2) is 72.8 Å². The Balaban J connectivity index is 2.04. The molecule has 0 radical (unpaired) electrons. The number of hydrogen-bond donors (Lipinski definition) is 0. The van der Waals surface area contributed by atoms with Gasteiger partial charge in [0.2, 0.25) is 0 Å². The second kappa shape index (κ2) is 7.08. The van der Waals surface area contributed by atoms with Crippen LogP contribution in [0.5, 0.6) is 0 Å². The zero-order valence-electron chi connectivity index (χ0n) is 16.4. The van der Waals surface area contributed by atoms with E-state index in [0.717, 1.165) is 38.5 Å². The van der Waals surface area contributed by atoms with Crippen molar-refractivity contribution in [2.45, 2.75) is 26.2 Å². The van der Waals surface area contributed by atoms with E-state index in [1.807, 2.05) is 57.2 Å². The molecule has 0 aliphatic carbocycles. The Kier molecular flexibility index (Phi) is 4.60. The van der Waals surface area contributed by atoms with Gasteiger partial charge in [0.25, 0.3) is 0 Å². The van der Waals surface area contributed by atoms with Crippen LogP contribution in [0.1, 0.15) is 26.5 Å². The SMILES string of the molecule is CCOC(=O)C(C)(C)c1nc2ccccc2c2ccc(-c3ccccc3)cc12. The first-order chi connectivity index (χ1) is 13.5. The molecule has 0 bridgehead atoms. The number of carbonyl (C=O) groups excluding carboxylic acids is 1. The van der Waals surface area contributed by atoms with E-state index in [9.17, 15) is 4.79 Å². The lowest BCUT2D eigenvalue weighted by Gasteiger charge is -2.24. The fourth-order valence-corrected chi connectivity index (χ4v) is 3.65. The van der Waals surface area contributed by atoms with Crippen molar-refractivity contribution >= 4 is 27.6 Å². The molecule has 4 rings (SSSR count). The second-order valence-electron chi connectivity index (χ2n) is 7.45. The van der Waals surface area contributed by atoms with Crippen molar-refractivity contribution in [1.82, 2.24) is 4.98 Å². The van der Waals surface area contributed by atoms with Crippen LogP contribution in [0, 0.1) is 0 Å². The van der Waals surface area contributed by atoms with Crippen LogP contribution in [0.25, 0.3) is 32.8 Å². The monoisotopic (exact) mass is 369 g/mol. The number of benzene rings is 3. The van der Waals surface area contributed by atoms with Gasteiger partial charge in [-0.05, 0) is 49.4 Å². The van der Waals surface area contributed by atoms with E-state index in [0.29, 0.717) is 6.61 Å². The summed E-state index contributed by atoms with van der Waals surface area (Å²) in [7, 11) is 0. The highest BCUT2D eigenvalue weighted by Gasteiger charge is 2.35. The predicted octanol–water partition coefficient (Wildman–Crippen LogP) is 5.90. The number of fused-ring (bicyclic) bond motifs is 3. The molecule has 0 fully saturated rings. The van der Waals surface area contributed by atoms with Gasteiger partial charge in [0, 0.05) is 10.8 Å². The van der Waals surface area contributed by atoms with E-state index in [-0.39, 0.29) is 5.97 Å². The number of carbonyl (C=O) groups is 1. The Bertz CT molecular complexity index is 1160. The summed E-state index contributed by atoms with van der Waals surface area (Å²) in [6.07, 6.45) is 0. The first kappa shape index (κ1) is 18.2. The van der Waals surface area contributed by atoms with Crippen molar-refractivity contribution in [1.29, 1.82) is 0 Å². The Morgan fingerprint density at radius 2 is 1.57 bits per heavy atom. The fourth-order valence-electron chi connectivity index (χ4n) is 3.65. The fraction of sp³-hybridized carbons (Fsp3) is 0.200. The maximum absolute atomic E-state index is 12.7. The Labute approximate surface area is 165 Å². The van der Waals surface area contributed by atoms with Crippen LogP contribution in [-0.4, -0.2) is 17.6 Å². The van der Waals surface area contributed by atoms with Gasteiger partial charge in [-0.1, -0.05) is 60.7 Å². The quantitative estimate of drug-likeness (QED) is 0.332. The maximum Gasteiger partial charge on any atom is 0.317 e. The largest absolute Gasteiger partial charge is 0.465 e. The number of rotatable bonds is 4. The third-order valence-corrected chi connectivity index (χ3v) is 5.19. The van der Waals surface area contributed by atoms with Gasteiger partial charge in [0.05, 0.1) is 17.8 Å². The van der Waals surface area contributed by atoms with E-state index < -0.39 is 5.41 Å². The molecule has 0 aliphatic heterocycles. The summed E-state index contributed by atoms with van der Waals surface area (Å²) in [4.78, 5) is 17.7. The molecule has 0 aliphatic rings. The maximum atomic E-state index is 12.7. The first-order valence-electron chi connectivity index (χ1n) is 9.58. The van der Waals surface area contributed by atoms with E-state index in [2.05, 4.69) is 36.4 Å². The lowest BCUT2D eigenvalue weighted by atomic mass is 9.84. The molecule has 0 unspecified atom stereocenters. The minimum Gasteiger partial charge on any atom is -0.465 e. The van der Waals surface area contributed by atoms with Gasteiger partial charge in [0.1, 0.15) is 5.41 Å². The average Bonchev–Trinajstić information content (AvgIpc) is 2.73. The van der Waals surface area contributed by atoms with Crippen LogP contribution in [-0.2, 0) is 14.9 Å². The molecule has 3 heteroatoms. The number of hydrogen-bond acceptors (Lipinski definition) is 3. The molecule has 28 heavy (non-hydrogen) atoms. The van der Waals surface area contributed by atoms with E-state index in [1.165, 1.54) is 0 Å². The highest BCUT2D eigenvalue weighted by Crippen LogP contribution is 2.36. The van der Waals surface area contributed by atoms with E-state index in [1.54, 1.807) is 0 Å². The molecular formula is C25H23NO2. The molecule has 0 amide bonds. The second-order valence-corrected chi connectivity index (χ2v) is 7.45. The van der Waals surface area contributed by atoms with Crippen molar-refractivity contribution in [3.63, 3.8) is 0 Å². The molecule has 1 heterocycles. The van der Waals surface area contributed by atoms with Crippen molar-refractivity contribution < 1.29 is 9.53 Å². The van der Waals surface area contributed by atoms with Gasteiger partial charge < -0.3 is 4.74 Å². The molecule has 3 nitrogen and oxygen atoms in total. The molecule has 140 valence electrons. The van der Waals surface area contributed by atoms with Crippen LogP contribution in [0.2, 0.25) is 0 Å². The summed E-state index contributed by atoms with van der Waals surface area (Å²) in [5.41, 5.74) is 3.02. The van der Waals surface area contributed by atoms with Crippen molar-refractivity contribution in [2.24, 2.45) is 0 Å². The number of nitrogens with zero attached hydrogens (tertiary/aromatic N) is 1. The predicted molar refractivity (Wildman–Crippen MR) is 114 cm³/mol. The highest BCUT2D eigenvalue weighted by atomic mass is 16.5. The van der Waals surface area contributed by atoms with Crippen LogP contribution in [0.4, 0.5) is 0 Å². The zero-order valence-corrected chi connectivity index (χ0v) is 16.4. The van der Waals surface area contributed by atoms with Crippen LogP contribution >= 0.6 is 0 Å². The van der Waals surface area contributed by atoms with Gasteiger partial charge in [-0.25, -0.2) is 0 Å². The standard InChI is InChI=1S/C25H23NO2/c1-4-28-24(27)25(2,3)23-21-16-18(17-10-6-5-7-11-17)14-15-19(21)20-12-8-9-13-22(20)26-23/h5-16H,4H2,1-3H3. The molecular weight excluding hydrogens is 346 g/mol. The van der Waals surface area contributed by atoms with Crippen molar-refractivity contribution in [3.8, 4) is 11.1 Å². The Hall–Kier alpha value is -3.20. The molecule has 3 aromatic carbocycles. The normalized spacial score (nSPS) is 11.7. The summed E-state index contributed by atoms with van der Waals surface area (Å²) >= 11 is 0. The number of aromatic nitrogens is 1. The third kappa shape index (κ3) is 3.03. The number of pyridine rings is 1. The minimum atomic E-state index is -0.854. The van der Waals surface area contributed by atoms with Crippen molar-refractivity contribution in [2.75, 3.05) is 6.61 Å². The molecule has 0 saturated heterocycles.